The molecule has 12 heavy (non-hydrogen) atoms. The Labute approximate surface area is 68.2 Å². The van der Waals surface area contributed by atoms with Gasteiger partial charge < -0.3 is 4.98 Å². The molecule has 0 radical (unpaired) electrons. The molecule has 0 fully saturated rings. The first-order valence-electron chi connectivity index (χ1n) is 3.28. The van der Waals surface area contributed by atoms with Crippen LogP contribution in [-0.4, -0.2) is 11.0 Å². The van der Waals surface area contributed by atoms with E-state index in [1.165, 1.54) is 6.01 Å². The highest BCUT2D eigenvalue weighted by molar-refractivity contribution is 5.62. The zero-order valence-corrected chi connectivity index (χ0v) is 6.22. The highest BCUT2D eigenvalue weighted by atomic mass is 16.1. The first kappa shape index (κ1) is 8.17. The molecule has 1 aromatic carbocycles. The maximum Gasteiger partial charge on any atom is 0.255 e. The van der Waals surface area contributed by atoms with Crippen LogP contribution in [-0.2, 0) is 0 Å². The Bertz CT molecular complexity index is 420. The van der Waals surface area contributed by atoms with Gasteiger partial charge in [-0.05, 0) is 24.3 Å². The number of aromatic nitrogens is 1. The van der Waals surface area contributed by atoms with Gasteiger partial charge in [0.1, 0.15) is 0 Å². The van der Waals surface area contributed by atoms with Gasteiger partial charge in [0.25, 0.3) is 5.56 Å². The Morgan fingerprint density at radius 2 is 1.67 bits per heavy atom. The Balaban J connectivity index is 0.000000213. The Hall–Kier alpha value is -1.93. The van der Waals surface area contributed by atoms with E-state index in [4.69, 9.17) is 10.8 Å². The quantitative estimate of drug-likeness (QED) is 0.500. The van der Waals surface area contributed by atoms with Crippen molar-refractivity contribution in [3.8, 4) is 0 Å². The monoisotopic (exact) mass is 161 g/mol. The number of rotatable bonds is 0. The van der Waals surface area contributed by atoms with Crippen molar-refractivity contribution in [1.82, 2.24) is 4.98 Å². The second kappa shape index (κ2) is 3.46. The van der Waals surface area contributed by atoms with Crippen molar-refractivity contribution in [2.75, 3.05) is 0 Å². The first-order valence-corrected chi connectivity index (χ1v) is 3.28. The smallest absolute Gasteiger partial charge is 0.255 e. The van der Waals surface area contributed by atoms with E-state index in [-0.39, 0.29) is 5.56 Å². The molecular weight excluding hydrogens is 154 g/mol. The lowest BCUT2D eigenvalue weighted by molar-refractivity contribution is 1.31. The molecule has 0 unspecified atom stereocenters. The Morgan fingerprint density at radius 3 is 1.83 bits per heavy atom. The molecule has 0 amide bonds. The van der Waals surface area contributed by atoms with Gasteiger partial charge in [-0.3, -0.25) is 4.79 Å². The van der Waals surface area contributed by atoms with Crippen LogP contribution in [0.15, 0.2) is 29.1 Å². The third-order valence-electron chi connectivity index (χ3n) is 1.40. The summed E-state index contributed by atoms with van der Waals surface area (Å²) in [5, 5.41) is 12.0. The highest BCUT2D eigenvalue weighted by Crippen LogP contribution is 2.01. The summed E-state index contributed by atoms with van der Waals surface area (Å²) in [6, 6.07) is 8.65. The Kier molecular flexibility index (Phi) is 2.35. The number of aromatic amines is 1. The van der Waals surface area contributed by atoms with E-state index in [1.54, 1.807) is 0 Å². The molecule has 0 saturated carbocycles. The molecular formula is C8H7N3O. The summed E-state index contributed by atoms with van der Waals surface area (Å²) in [4.78, 5) is 13.5. The molecule has 60 valence electrons. The molecule has 2 bridgehead atoms. The summed E-state index contributed by atoms with van der Waals surface area (Å²) in [5.41, 5.74) is 0.894. The van der Waals surface area contributed by atoms with Gasteiger partial charge in [-0.2, -0.15) is 0 Å². The molecule has 0 saturated heterocycles. The summed E-state index contributed by atoms with van der Waals surface area (Å²) in [5.74, 6) is 0. The molecule has 0 aliphatic heterocycles. The van der Waals surface area contributed by atoms with Crippen molar-refractivity contribution in [1.29, 1.82) is 10.8 Å². The predicted octanol–water partition coefficient (Wildman–Crippen LogP) is 1.28. The van der Waals surface area contributed by atoms with Crippen molar-refractivity contribution in [2.45, 2.75) is 0 Å². The Morgan fingerprint density at radius 1 is 1.17 bits per heavy atom. The molecule has 0 aliphatic carbocycles. The van der Waals surface area contributed by atoms with E-state index in [9.17, 15) is 4.79 Å². The fraction of sp³-hybridized carbons (Fsp3) is 0. The normalized spacial score (nSPS) is 8.67. The number of fused-ring (bicyclic) bond motifs is 3. The maximum atomic E-state index is 10.8. The topological polar surface area (TPSA) is 80.6 Å². The summed E-state index contributed by atoms with van der Waals surface area (Å²) in [6.45, 7) is 0. The molecule has 2 aromatic heterocycles. The van der Waals surface area contributed by atoms with Gasteiger partial charge in [0.2, 0.25) is 0 Å². The average Bonchev–Trinajstić information content (AvgIpc) is 2.07. The van der Waals surface area contributed by atoms with Crippen molar-refractivity contribution in [3.05, 3.63) is 34.6 Å². The number of nitrogens with one attached hydrogen (secondary N) is 3. The van der Waals surface area contributed by atoms with Crippen LogP contribution in [0.1, 0.15) is 0 Å². The summed E-state index contributed by atoms with van der Waals surface area (Å²) < 4.78 is 0. The van der Waals surface area contributed by atoms with Gasteiger partial charge in [0, 0.05) is 10.9 Å². The van der Waals surface area contributed by atoms with Crippen LogP contribution < -0.4 is 5.56 Å². The minimum atomic E-state index is 0.00926. The molecule has 3 N–H and O–H groups in total. The van der Waals surface area contributed by atoms with Crippen LogP contribution in [0.4, 0.5) is 0 Å². The van der Waals surface area contributed by atoms with Gasteiger partial charge >= 0.3 is 0 Å². The SMILES string of the molecule is N=C=N.O=c1[nH]c2ccc1cc2. The molecule has 3 rings (SSSR count). The first-order chi connectivity index (χ1) is 5.77. The lowest BCUT2D eigenvalue weighted by Gasteiger charge is -1.93. The summed E-state index contributed by atoms with van der Waals surface area (Å²) >= 11 is 0. The minimum Gasteiger partial charge on any atom is -0.322 e. The minimum absolute atomic E-state index is 0.00926. The van der Waals surface area contributed by atoms with Gasteiger partial charge in [-0.15, -0.1) is 0 Å². The summed E-state index contributed by atoms with van der Waals surface area (Å²) in [6.07, 6.45) is 0. The fourth-order valence-electron chi connectivity index (χ4n) is 0.908. The lowest BCUT2D eigenvalue weighted by Crippen LogP contribution is -2.05. The van der Waals surface area contributed by atoms with Gasteiger partial charge in [0.15, 0.2) is 0 Å². The van der Waals surface area contributed by atoms with Crippen LogP contribution >= 0.6 is 0 Å². The number of hydrogen-bond acceptors (Lipinski definition) is 3. The van der Waals surface area contributed by atoms with E-state index in [0.717, 1.165) is 10.9 Å². The second-order valence-corrected chi connectivity index (χ2v) is 2.16. The molecule has 0 aliphatic rings. The van der Waals surface area contributed by atoms with Gasteiger partial charge in [-0.1, -0.05) is 0 Å². The predicted molar refractivity (Wildman–Crippen MR) is 46.2 cm³/mol. The highest BCUT2D eigenvalue weighted by Gasteiger charge is 1.92. The van der Waals surface area contributed by atoms with Crippen LogP contribution in [0.3, 0.4) is 0 Å². The number of benzene rings is 1. The van der Waals surface area contributed by atoms with E-state index in [0.29, 0.717) is 0 Å². The third-order valence-corrected chi connectivity index (χ3v) is 1.40. The molecule has 0 atom stereocenters. The molecule has 4 nitrogen and oxygen atoms in total. The van der Waals surface area contributed by atoms with Crippen LogP contribution in [0.2, 0.25) is 0 Å². The number of H-pyrrole nitrogens is 1. The van der Waals surface area contributed by atoms with Crippen molar-refractivity contribution < 1.29 is 0 Å². The largest absolute Gasteiger partial charge is 0.322 e. The molecule has 2 heterocycles. The average molecular weight is 161 g/mol. The number of pyridine rings is 2. The fourth-order valence-corrected chi connectivity index (χ4v) is 0.908. The van der Waals surface area contributed by atoms with Crippen LogP contribution in [0.25, 0.3) is 10.9 Å². The third kappa shape index (κ3) is 1.56. The standard InChI is InChI=1S/C7H5NO.CH2N2/c9-7-5-1-3-6(8-7)4-2-5;2-1-3/h1-4H,(H,8,9);2-3H. The van der Waals surface area contributed by atoms with E-state index in [1.807, 2.05) is 24.3 Å². The van der Waals surface area contributed by atoms with Crippen LogP contribution in [0, 0.1) is 10.8 Å². The molecule has 3 aromatic rings. The van der Waals surface area contributed by atoms with E-state index >= 15 is 0 Å². The zero-order valence-electron chi connectivity index (χ0n) is 6.22. The summed E-state index contributed by atoms with van der Waals surface area (Å²) in [7, 11) is 0. The van der Waals surface area contributed by atoms with Crippen molar-refractivity contribution in [2.24, 2.45) is 0 Å². The molecule has 0 spiro atoms. The molecule has 4 heteroatoms. The van der Waals surface area contributed by atoms with Crippen molar-refractivity contribution in [3.63, 3.8) is 0 Å². The lowest BCUT2D eigenvalue weighted by atomic mass is 10.2. The number of hydrogen-bond donors (Lipinski definition) is 3. The van der Waals surface area contributed by atoms with Gasteiger partial charge in [0.05, 0.1) is 6.01 Å². The van der Waals surface area contributed by atoms with Crippen LogP contribution in [0.5, 0.6) is 0 Å². The van der Waals surface area contributed by atoms with Gasteiger partial charge in [-0.25, -0.2) is 10.8 Å². The van der Waals surface area contributed by atoms with E-state index in [2.05, 4.69) is 4.98 Å². The van der Waals surface area contributed by atoms with E-state index < -0.39 is 0 Å². The van der Waals surface area contributed by atoms with Crippen molar-refractivity contribution >= 4 is 16.9 Å². The maximum absolute atomic E-state index is 10.8. The zero-order chi connectivity index (χ0) is 8.97. The second-order valence-electron chi connectivity index (χ2n) is 2.16.